The Hall–Kier alpha value is -3.33. The number of aliphatic imine (C=N–C) groups is 1. The first-order valence-corrected chi connectivity index (χ1v) is 10.7. The fourth-order valence-electron chi connectivity index (χ4n) is 3.65. The smallest absolute Gasteiger partial charge is 0.276 e. The number of ether oxygens (including phenoxy) is 1. The van der Waals surface area contributed by atoms with E-state index in [4.69, 9.17) is 16.9 Å². The number of aryl methyl sites for hydroxylation is 1. The van der Waals surface area contributed by atoms with Gasteiger partial charge < -0.3 is 15.8 Å². The summed E-state index contributed by atoms with van der Waals surface area (Å²) in [5.41, 5.74) is 3.83. The number of amidine groups is 1. The fourth-order valence-corrected chi connectivity index (χ4v) is 4.82. The van der Waals surface area contributed by atoms with Crippen LogP contribution in [0.3, 0.4) is 0 Å². The van der Waals surface area contributed by atoms with Crippen LogP contribution in [-0.4, -0.2) is 38.8 Å². The average molecular weight is 496 g/mol. The number of rotatable bonds is 6. The predicted molar refractivity (Wildman–Crippen MR) is 121 cm³/mol. The van der Waals surface area contributed by atoms with Gasteiger partial charge in [-0.15, -0.1) is 6.42 Å². The molecule has 1 aromatic heterocycles. The fraction of sp³-hybridized carbons (Fsp3) is 0.364. The molecule has 2 atom stereocenters. The van der Waals surface area contributed by atoms with Gasteiger partial charge in [-0.25, -0.2) is 27.5 Å². The highest BCUT2D eigenvalue weighted by Gasteiger charge is 2.48. The molecule has 180 valence electrons. The Balaban J connectivity index is 1.94. The van der Waals surface area contributed by atoms with Gasteiger partial charge in [0, 0.05) is 17.3 Å². The minimum absolute atomic E-state index is 0.0355. The van der Waals surface area contributed by atoms with Gasteiger partial charge in [0.2, 0.25) is 5.88 Å². The monoisotopic (exact) mass is 495 g/mol. The van der Waals surface area contributed by atoms with Crippen LogP contribution in [0.1, 0.15) is 42.0 Å². The van der Waals surface area contributed by atoms with Crippen molar-refractivity contribution in [2.24, 2.45) is 10.7 Å². The Morgan fingerprint density at radius 2 is 2.09 bits per heavy atom. The number of amides is 1. The molecule has 1 aliphatic rings. The molecular weight excluding hydrogens is 474 g/mol. The van der Waals surface area contributed by atoms with E-state index in [-0.39, 0.29) is 46.7 Å². The van der Waals surface area contributed by atoms with Crippen LogP contribution in [0, 0.1) is 30.9 Å². The Labute approximate surface area is 197 Å². The predicted octanol–water partition coefficient (Wildman–Crippen LogP) is 4.02. The lowest BCUT2D eigenvalue weighted by molar-refractivity contribution is 0.0892. The van der Waals surface area contributed by atoms with Crippen LogP contribution in [-0.2, 0) is 5.54 Å². The van der Waals surface area contributed by atoms with E-state index >= 15 is 0 Å². The largest absolute Gasteiger partial charge is 0.463 e. The van der Waals surface area contributed by atoms with E-state index < -0.39 is 34.3 Å². The van der Waals surface area contributed by atoms with Crippen molar-refractivity contribution in [1.29, 1.82) is 0 Å². The van der Waals surface area contributed by atoms with E-state index in [1.807, 2.05) is 0 Å². The molecule has 1 aliphatic heterocycles. The Morgan fingerprint density at radius 1 is 1.38 bits per heavy atom. The number of nitrogens with zero attached hydrogens (tertiary/aromatic N) is 3. The molecule has 2 heterocycles. The summed E-state index contributed by atoms with van der Waals surface area (Å²) >= 11 is 0.679. The lowest BCUT2D eigenvalue weighted by atomic mass is 9.82. The number of benzene rings is 1. The van der Waals surface area contributed by atoms with E-state index in [0.717, 1.165) is 12.1 Å². The van der Waals surface area contributed by atoms with Gasteiger partial charge in [0.05, 0.1) is 22.2 Å². The molecule has 1 amide bonds. The van der Waals surface area contributed by atoms with Crippen molar-refractivity contribution in [3.05, 3.63) is 46.9 Å². The maximum absolute atomic E-state index is 14.8. The quantitative estimate of drug-likeness (QED) is 0.464. The van der Waals surface area contributed by atoms with E-state index in [1.165, 1.54) is 27.0 Å². The molecule has 3 rings (SSSR count). The highest BCUT2D eigenvalue weighted by molar-refractivity contribution is 8.15. The number of carbonyl (C=O) groups excluding carboxylic acids is 1. The van der Waals surface area contributed by atoms with Gasteiger partial charge in [0.1, 0.15) is 5.69 Å². The number of terminal acetylenes is 1. The number of halogens is 4. The van der Waals surface area contributed by atoms with Crippen LogP contribution < -0.4 is 15.8 Å². The Kier molecular flexibility index (Phi) is 7.07. The molecule has 2 aromatic rings. The number of nitrogens with two attached hydrogens (primary N) is 1. The van der Waals surface area contributed by atoms with Crippen molar-refractivity contribution in [2.75, 3.05) is 11.9 Å². The molecule has 34 heavy (non-hydrogen) atoms. The van der Waals surface area contributed by atoms with Crippen LogP contribution in [0.25, 0.3) is 0 Å². The summed E-state index contributed by atoms with van der Waals surface area (Å²) in [6.07, 6.45) is 3.20. The Morgan fingerprint density at radius 3 is 2.71 bits per heavy atom. The molecule has 0 radical (unpaired) electrons. The lowest BCUT2D eigenvalue weighted by Gasteiger charge is -2.40. The van der Waals surface area contributed by atoms with Crippen molar-refractivity contribution < 1.29 is 27.1 Å². The minimum atomic E-state index is -2.80. The SMILES string of the molecule is C#CCOc1cnc(C(=O)Nc2cc(F)c(F)c([C@]3(C)C[C@](C)(C(F)F)SC(N)=N3)c2)c(C)n1. The molecule has 0 bridgehead atoms. The zero-order valence-corrected chi connectivity index (χ0v) is 19.3. The van der Waals surface area contributed by atoms with E-state index in [0.29, 0.717) is 11.8 Å². The van der Waals surface area contributed by atoms with Gasteiger partial charge in [0.15, 0.2) is 23.4 Å². The second-order valence-corrected chi connectivity index (χ2v) is 9.58. The molecular formula is C22H21F4N5O2S. The summed E-state index contributed by atoms with van der Waals surface area (Å²) in [6, 6.07) is 1.91. The van der Waals surface area contributed by atoms with Gasteiger partial charge >= 0.3 is 0 Å². The second kappa shape index (κ2) is 9.50. The first kappa shape index (κ1) is 25.3. The standard InChI is InChI=1S/C22H21F4N5O2S/c1-5-6-33-15-9-28-17(11(2)29-15)18(32)30-12-7-13(16(24)14(23)8-12)21(3)10-22(4,19(25)26)34-20(27)31-21/h1,7-9,19H,6,10H2,2-4H3,(H2,27,31)(H,30,32)/t21-,22+/m0/s1. The summed E-state index contributed by atoms with van der Waals surface area (Å²) in [7, 11) is 0. The first-order valence-electron chi connectivity index (χ1n) is 9.92. The highest BCUT2D eigenvalue weighted by Crippen LogP contribution is 2.49. The molecule has 0 saturated heterocycles. The van der Waals surface area contributed by atoms with Crippen LogP contribution in [0.4, 0.5) is 23.2 Å². The van der Waals surface area contributed by atoms with E-state index in [2.05, 4.69) is 26.2 Å². The van der Waals surface area contributed by atoms with Crippen molar-refractivity contribution >= 4 is 28.5 Å². The number of hydrogen-bond donors (Lipinski definition) is 2. The molecule has 0 aliphatic carbocycles. The lowest BCUT2D eigenvalue weighted by Crippen LogP contribution is -2.44. The third-order valence-electron chi connectivity index (χ3n) is 5.16. The summed E-state index contributed by atoms with van der Waals surface area (Å²) in [5.74, 6) is -0.934. The number of thioether (sulfide) groups is 1. The second-order valence-electron chi connectivity index (χ2n) is 8.02. The minimum Gasteiger partial charge on any atom is -0.463 e. The normalized spacial score (nSPS) is 22.1. The van der Waals surface area contributed by atoms with Crippen LogP contribution in [0.15, 0.2) is 23.3 Å². The maximum atomic E-state index is 14.8. The van der Waals surface area contributed by atoms with E-state index in [9.17, 15) is 22.4 Å². The molecule has 7 nitrogen and oxygen atoms in total. The topological polar surface area (TPSA) is 102 Å². The number of aromatic nitrogens is 2. The summed E-state index contributed by atoms with van der Waals surface area (Å²) < 4.78 is 60.2. The first-order chi connectivity index (χ1) is 15.9. The van der Waals surface area contributed by atoms with Gasteiger partial charge in [-0.3, -0.25) is 9.79 Å². The van der Waals surface area contributed by atoms with Crippen molar-refractivity contribution in [2.45, 2.75) is 43.9 Å². The third kappa shape index (κ3) is 5.09. The zero-order valence-electron chi connectivity index (χ0n) is 18.5. The van der Waals surface area contributed by atoms with Gasteiger partial charge in [0.25, 0.3) is 12.3 Å². The average Bonchev–Trinajstić information content (AvgIpc) is 2.73. The van der Waals surface area contributed by atoms with Crippen LogP contribution in [0.2, 0.25) is 0 Å². The zero-order chi connectivity index (χ0) is 25.3. The molecule has 0 saturated carbocycles. The van der Waals surface area contributed by atoms with Crippen LogP contribution in [0.5, 0.6) is 5.88 Å². The number of hydrogen-bond acceptors (Lipinski definition) is 7. The van der Waals surface area contributed by atoms with Crippen molar-refractivity contribution in [1.82, 2.24) is 9.97 Å². The molecule has 0 fully saturated rings. The molecule has 3 N–H and O–H groups in total. The highest BCUT2D eigenvalue weighted by atomic mass is 32.2. The van der Waals surface area contributed by atoms with Crippen molar-refractivity contribution in [3.63, 3.8) is 0 Å². The van der Waals surface area contributed by atoms with Crippen molar-refractivity contribution in [3.8, 4) is 18.2 Å². The molecule has 12 heteroatoms. The van der Waals surface area contributed by atoms with Gasteiger partial charge in [-0.2, -0.15) is 0 Å². The number of anilines is 1. The number of nitrogens with one attached hydrogen (secondary N) is 1. The molecule has 0 spiro atoms. The maximum Gasteiger partial charge on any atom is 0.276 e. The number of carbonyl (C=O) groups is 1. The number of alkyl halides is 2. The third-order valence-corrected chi connectivity index (χ3v) is 6.25. The molecule has 1 aromatic carbocycles. The van der Waals surface area contributed by atoms with E-state index in [1.54, 1.807) is 0 Å². The summed E-state index contributed by atoms with van der Waals surface area (Å²) in [6.45, 7) is 4.13. The van der Waals surface area contributed by atoms with Gasteiger partial charge in [-0.05, 0) is 33.3 Å². The summed E-state index contributed by atoms with van der Waals surface area (Å²) in [5, 5.41) is 2.25. The van der Waals surface area contributed by atoms with Gasteiger partial charge in [-0.1, -0.05) is 17.7 Å². The summed E-state index contributed by atoms with van der Waals surface area (Å²) in [4.78, 5) is 24.9. The Bertz CT molecular complexity index is 1200. The van der Waals surface area contributed by atoms with Crippen LogP contribution >= 0.6 is 11.8 Å². The molecule has 0 unspecified atom stereocenters.